The van der Waals surface area contributed by atoms with E-state index in [1.165, 1.54) is 25.7 Å². The predicted molar refractivity (Wildman–Crippen MR) is 71.9 cm³/mol. The van der Waals surface area contributed by atoms with Crippen LogP contribution in [-0.4, -0.2) is 30.4 Å². The van der Waals surface area contributed by atoms with Gasteiger partial charge in [-0.15, -0.1) is 0 Å². The largest absolute Gasteiger partial charge is 0.345 e. The molecule has 3 aliphatic carbocycles. The Labute approximate surface area is 110 Å². The SMILES string of the molecule is CN(CC1CC(N)C1)C(=O)CC1CC2CCC1C2. The van der Waals surface area contributed by atoms with Crippen LogP contribution in [0, 0.1) is 23.7 Å². The maximum Gasteiger partial charge on any atom is 0.222 e. The fraction of sp³-hybridized carbons (Fsp3) is 0.933. The van der Waals surface area contributed by atoms with Crippen LogP contribution >= 0.6 is 0 Å². The third kappa shape index (κ3) is 2.42. The zero-order valence-electron chi connectivity index (χ0n) is 11.5. The molecule has 0 spiro atoms. The summed E-state index contributed by atoms with van der Waals surface area (Å²) in [6.45, 7) is 0.924. The summed E-state index contributed by atoms with van der Waals surface area (Å²) in [6.07, 6.45) is 8.53. The van der Waals surface area contributed by atoms with Crippen LogP contribution in [0.5, 0.6) is 0 Å². The van der Waals surface area contributed by atoms with Gasteiger partial charge < -0.3 is 10.6 Å². The summed E-state index contributed by atoms with van der Waals surface area (Å²) in [5.41, 5.74) is 5.79. The van der Waals surface area contributed by atoms with Gasteiger partial charge in [-0.25, -0.2) is 0 Å². The van der Waals surface area contributed by atoms with E-state index >= 15 is 0 Å². The van der Waals surface area contributed by atoms with Gasteiger partial charge in [-0.2, -0.15) is 0 Å². The Morgan fingerprint density at radius 2 is 2.00 bits per heavy atom. The number of carbonyl (C=O) groups excluding carboxylic acids is 1. The topological polar surface area (TPSA) is 46.3 Å². The number of nitrogens with two attached hydrogens (primary N) is 1. The highest BCUT2D eigenvalue weighted by molar-refractivity contribution is 5.76. The predicted octanol–water partition coefficient (Wildman–Crippen LogP) is 2.01. The van der Waals surface area contributed by atoms with Crippen molar-refractivity contribution in [2.75, 3.05) is 13.6 Å². The van der Waals surface area contributed by atoms with Crippen molar-refractivity contribution < 1.29 is 4.79 Å². The van der Waals surface area contributed by atoms with Crippen LogP contribution in [0.3, 0.4) is 0 Å². The molecular formula is C15H26N2O. The molecule has 3 rings (SSSR count). The average molecular weight is 250 g/mol. The second kappa shape index (κ2) is 4.84. The molecule has 1 amide bonds. The van der Waals surface area contributed by atoms with E-state index in [0.29, 0.717) is 23.8 Å². The van der Waals surface area contributed by atoms with Crippen molar-refractivity contribution in [3.05, 3.63) is 0 Å². The summed E-state index contributed by atoms with van der Waals surface area (Å²) in [5, 5.41) is 0. The fourth-order valence-electron chi connectivity index (χ4n) is 4.43. The molecule has 2 bridgehead atoms. The minimum absolute atomic E-state index is 0.369. The molecule has 3 heteroatoms. The number of hydrogen-bond donors (Lipinski definition) is 1. The van der Waals surface area contributed by atoms with E-state index in [2.05, 4.69) is 0 Å². The molecule has 0 radical (unpaired) electrons. The van der Waals surface area contributed by atoms with Gasteiger partial charge >= 0.3 is 0 Å². The van der Waals surface area contributed by atoms with Crippen molar-refractivity contribution >= 4 is 5.91 Å². The molecule has 3 fully saturated rings. The number of hydrogen-bond acceptors (Lipinski definition) is 2. The van der Waals surface area contributed by atoms with Crippen LogP contribution in [0.1, 0.15) is 44.9 Å². The van der Waals surface area contributed by atoms with Gasteiger partial charge in [-0.3, -0.25) is 4.79 Å². The molecule has 0 saturated heterocycles. The van der Waals surface area contributed by atoms with Gasteiger partial charge in [0.15, 0.2) is 0 Å². The second-order valence-corrected chi connectivity index (χ2v) is 7.01. The monoisotopic (exact) mass is 250 g/mol. The average Bonchev–Trinajstić information content (AvgIpc) is 2.88. The molecule has 102 valence electrons. The lowest BCUT2D eigenvalue weighted by molar-refractivity contribution is -0.132. The Morgan fingerprint density at radius 3 is 2.56 bits per heavy atom. The minimum Gasteiger partial charge on any atom is -0.345 e. The standard InChI is InChI=1S/C15H26N2O/c1-17(9-11-6-14(16)7-11)15(18)8-13-5-10-2-3-12(13)4-10/h10-14H,2-9,16H2,1H3. The van der Waals surface area contributed by atoms with Crippen LogP contribution in [0.4, 0.5) is 0 Å². The van der Waals surface area contributed by atoms with Crippen LogP contribution in [-0.2, 0) is 4.79 Å². The molecule has 18 heavy (non-hydrogen) atoms. The molecule has 0 aromatic carbocycles. The van der Waals surface area contributed by atoms with Gasteiger partial charge in [0.1, 0.15) is 0 Å². The van der Waals surface area contributed by atoms with Gasteiger partial charge in [-0.1, -0.05) is 6.42 Å². The van der Waals surface area contributed by atoms with Crippen molar-refractivity contribution in [1.82, 2.24) is 4.90 Å². The van der Waals surface area contributed by atoms with Crippen molar-refractivity contribution in [2.45, 2.75) is 51.0 Å². The lowest BCUT2D eigenvalue weighted by Crippen LogP contribution is -2.43. The Kier molecular flexibility index (Phi) is 3.35. The first-order valence-corrected chi connectivity index (χ1v) is 7.61. The zero-order chi connectivity index (χ0) is 12.7. The Bertz CT molecular complexity index is 324. The summed E-state index contributed by atoms with van der Waals surface area (Å²) < 4.78 is 0. The third-order valence-corrected chi connectivity index (χ3v) is 5.55. The first-order valence-electron chi connectivity index (χ1n) is 7.61. The van der Waals surface area contributed by atoms with Crippen molar-refractivity contribution in [3.63, 3.8) is 0 Å². The molecule has 3 aliphatic rings. The highest BCUT2D eigenvalue weighted by Crippen LogP contribution is 2.49. The van der Waals surface area contributed by atoms with Gasteiger partial charge in [-0.05, 0) is 55.8 Å². The molecule has 0 aromatic heterocycles. The molecule has 3 unspecified atom stereocenters. The van der Waals surface area contributed by atoms with E-state index in [4.69, 9.17) is 5.73 Å². The molecule has 3 atom stereocenters. The number of rotatable bonds is 4. The Morgan fingerprint density at radius 1 is 1.22 bits per heavy atom. The number of nitrogens with zero attached hydrogens (tertiary/aromatic N) is 1. The molecule has 0 aliphatic heterocycles. The highest BCUT2D eigenvalue weighted by Gasteiger charge is 2.40. The quantitative estimate of drug-likeness (QED) is 0.829. The Balaban J connectivity index is 1.43. The van der Waals surface area contributed by atoms with Gasteiger partial charge in [0, 0.05) is 26.1 Å². The van der Waals surface area contributed by atoms with Gasteiger partial charge in [0.2, 0.25) is 5.91 Å². The maximum atomic E-state index is 12.2. The van der Waals surface area contributed by atoms with Crippen LogP contribution in [0.2, 0.25) is 0 Å². The number of fused-ring (bicyclic) bond motifs is 2. The molecule has 2 N–H and O–H groups in total. The van der Waals surface area contributed by atoms with E-state index in [-0.39, 0.29) is 0 Å². The van der Waals surface area contributed by atoms with E-state index in [1.54, 1.807) is 0 Å². The lowest BCUT2D eigenvalue weighted by atomic mass is 9.80. The molecular weight excluding hydrogens is 224 g/mol. The van der Waals surface area contributed by atoms with Crippen molar-refractivity contribution in [2.24, 2.45) is 29.4 Å². The van der Waals surface area contributed by atoms with Gasteiger partial charge in [0.25, 0.3) is 0 Å². The van der Waals surface area contributed by atoms with Crippen molar-refractivity contribution in [3.8, 4) is 0 Å². The van der Waals surface area contributed by atoms with E-state index < -0.39 is 0 Å². The molecule has 0 aromatic rings. The van der Waals surface area contributed by atoms with Crippen LogP contribution < -0.4 is 5.73 Å². The van der Waals surface area contributed by atoms with Crippen LogP contribution in [0.15, 0.2) is 0 Å². The first-order chi connectivity index (χ1) is 8.61. The lowest BCUT2D eigenvalue weighted by Gasteiger charge is -2.35. The summed E-state index contributed by atoms with van der Waals surface area (Å²) in [4.78, 5) is 14.2. The number of carbonyl (C=O) groups is 1. The summed E-state index contributed by atoms with van der Waals surface area (Å²) in [6, 6.07) is 0.393. The highest BCUT2D eigenvalue weighted by atomic mass is 16.2. The maximum absolute atomic E-state index is 12.2. The molecule has 3 saturated carbocycles. The zero-order valence-corrected chi connectivity index (χ0v) is 11.5. The molecule has 3 nitrogen and oxygen atoms in total. The smallest absolute Gasteiger partial charge is 0.222 e. The second-order valence-electron chi connectivity index (χ2n) is 7.01. The summed E-state index contributed by atoms with van der Waals surface area (Å²) in [7, 11) is 1.97. The van der Waals surface area contributed by atoms with Crippen LogP contribution in [0.25, 0.3) is 0 Å². The summed E-state index contributed by atoms with van der Waals surface area (Å²) >= 11 is 0. The number of amides is 1. The first kappa shape index (κ1) is 12.5. The van der Waals surface area contributed by atoms with E-state index in [1.807, 2.05) is 11.9 Å². The normalized spacial score (nSPS) is 41.8. The van der Waals surface area contributed by atoms with Gasteiger partial charge in [0.05, 0.1) is 0 Å². The van der Waals surface area contributed by atoms with Crippen molar-refractivity contribution in [1.29, 1.82) is 0 Å². The van der Waals surface area contributed by atoms with E-state index in [0.717, 1.165) is 37.6 Å². The third-order valence-electron chi connectivity index (χ3n) is 5.55. The minimum atomic E-state index is 0.369. The molecule has 0 heterocycles. The Hall–Kier alpha value is -0.570. The summed E-state index contributed by atoms with van der Waals surface area (Å²) in [5.74, 6) is 3.54. The fourth-order valence-corrected chi connectivity index (χ4v) is 4.43. The van der Waals surface area contributed by atoms with E-state index in [9.17, 15) is 4.79 Å².